The van der Waals surface area contributed by atoms with Crippen molar-refractivity contribution in [1.82, 2.24) is 9.99 Å². The van der Waals surface area contributed by atoms with Gasteiger partial charge in [-0.1, -0.05) is 0 Å². The molecule has 0 unspecified atom stereocenters. The van der Waals surface area contributed by atoms with Crippen LogP contribution in [0.15, 0.2) is 59.7 Å². The van der Waals surface area contributed by atoms with Gasteiger partial charge in [-0.05, 0) is 62.4 Å². The van der Waals surface area contributed by atoms with E-state index in [2.05, 4.69) is 15.1 Å². The Morgan fingerprint density at radius 1 is 1.11 bits per heavy atom. The topological polar surface area (TPSA) is 110 Å². The summed E-state index contributed by atoms with van der Waals surface area (Å²) in [7, 11) is 0. The minimum Gasteiger partial charge on any atom is -0.502 e. The number of aryl methyl sites for hydroxylation is 2. The Morgan fingerprint density at radius 3 is 2.36 bits per heavy atom. The summed E-state index contributed by atoms with van der Waals surface area (Å²) in [5.41, 5.74) is 5.91. The Kier molecular flexibility index (Phi) is 5.21. The number of amides is 1. The van der Waals surface area contributed by atoms with Crippen LogP contribution in [0.4, 0.5) is 5.69 Å². The zero-order chi connectivity index (χ0) is 20.3. The van der Waals surface area contributed by atoms with Crippen molar-refractivity contribution < 1.29 is 14.8 Å². The van der Waals surface area contributed by atoms with Crippen molar-refractivity contribution >= 4 is 17.8 Å². The van der Waals surface area contributed by atoms with Gasteiger partial charge in [0.25, 0.3) is 5.91 Å². The highest BCUT2D eigenvalue weighted by atomic mass is 16.6. The third kappa shape index (κ3) is 3.90. The Labute approximate surface area is 160 Å². The molecule has 0 radical (unpaired) electrons. The lowest BCUT2D eigenvalue weighted by atomic mass is 10.2. The number of benzene rings is 2. The maximum atomic E-state index is 12.2. The molecule has 2 N–H and O–H groups in total. The number of hydrazone groups is 1. The fraction of sp³-hybridized carbons (Fsp3) is 0.100. The van der Waals surface area contributed by atoms with E-state index in [4.69, 9.17) is 0 Å². The van der Waals surface area contributed by atoms with Crippen molar-refractivity contribution in [3.63, 3.8) is 0 Å². The van der Waals surface area contributed by atoms with Gasteiger partial charge in [0.05, 0.1) is 11.1 Å². The number of nitrogens with one attached hydrogen (secondary N) is 1. The summed E-state index contributed by atoms with van der Waals surface area (Å²) in [6, 6.07) is 15.0. The van der Waals surface area contributed by atoms with Crippen molar-refractivity contribution in [2.45, 2.75) is 13.8 Å². The predicted molar refractivity (Wildman–Crippen MR) is 105 cm³/mol. The first-order valence-electron chi connectivity index (χ1n) is 8.43. The van der Waals surface area contributed by atoms with E-state index in [0.29, 0.717) is 11.1 Å². The number of hydrogen-bond acceptors (Lipinski definition) is 5. The quantitative estimate of drug-likeness (QED) is 0.402. The van der Waals surface area contributed by atoms with Crippen LogP contribution in [0, 0.1) is 24.0 Å². The highest BCUT2D eigenvalue weighted by Crippen LogP contribution is 2.25. The van der Waals surface area contributed by atoms with Crippen LogP contribution in [-0.2, 0) is 0 Å². The lowest BCUT2D eigenvalue weighted by Gasteiger charge is -2.10. The zero-order valence-electron chi connectivity index (χ0n) is 15.3. The van der Waals surface area contributed by atoms with E-state index in [1.54, 1.807) is 12.1 Å². The average molecular weight is 378 g/mol. The number of nitro groups is 1. The first kappa shape index (κ1) is 18.8. The van der Waals surface area contributed by atoms with Gasteiger partial charge in [0.2, 0.25) is 0 Å². The number of aromatic nitrogens is 1. The lowest BCUT2D eigenvalue weighted by Crippen LogP contribution is -2.17. The van der Waals surface area contributed by atoms with Gasteiger partial charge in [0, 0.05) is 34.3 Å². The Morgan fingerprint density at radius 2 is 1.75 bits per heavy atom. The van der Waals surface area contributed by atoms with Crippen molar-refractivity contribution in [2.75, 3.05) is 0 Å². The first-order chi connectivity index (χ1) is 13.4. The molecule has 0 spiro atoms. The van der Waals surface area contributed by atoms with Crippen molar-refractivity contribution in [1.29, 1.82) is 0 Å². The van der Waals surface area contributed by atoms with Crippen LogP contribution < -0.4 is 5.43 Å². The molecule has 0 atom stereocenters. The molecule has 142 valence electrons. The molecule has 8 nitrogen and oxygen atoms in total. The number of nitro benzene ring substituents is 1. The first-order valence-corrected chi connectivity index (χ1v) is 8.43. The van der Waals surface area contributed by atoms with Crippen molar-refractivity contribution in [2.24, 2.45) is 5.10 Å². The smallest absolute Gasteiger partial charge is 0.311 e. The van der Waals surface area contributed by atoms with Crippen LogP contribution in [0.25, 0.3) is 5.69 Å². The van der Waals surface area contributed by atoms with E-state index < -0.39 is 22.3 Å². The van der Waals surface area contributed by atoms with Gasteiger partial charge in [-0.25, -0.2) is 5.43 Å². The van der Waals surface area contributed by atoms with Gasteiger partial charge >= 0.3 is 5.69 Å². The Hall–Kier alpha value is -3.94. The van der Waals surface area contributed by atoms with E-state index in [-0.39, 0.29) is 0 Å². The predicted octanol–water partition coefficient (Wildman–Crippen LogP) is 3.47. The number of hydrogen-bond donors (Lipinski definition) is 2. The summed E-state index contributed by atoms with van der Waals surface area (Å²) >= 11 is 0. The molecule has 8 heteroatoms. The van der Waals surface area contributed by atoms with E-state index in [0.717, 1.165) is 17.1 Å². The van der Waals surface area contributed by atoms with Crippen molar-refractivity contribution in [3.05, 3.63) is 87.2 Å². The van der Waals surface area contributed by atoms with Crippen molar-refractivity contribution in [3.8, 4) is 11.4 Å². The maximum absolute atomic E-state index is 12.2. The zero-order valence-corrected chi connectivity index (χ0v) is 15.3. The van der Waals surface area contributed by atoms with Crippen LogP contribution in [0.5, 0.6) is 5.75 Å². The van der Waals surface area contributed by atoms with Crippen LogP contribution in [0.2, 0.25) is 0 Å². The van der Waals surface area contributed by atoms with Gasteiger partial charge in [-0.15, -0.1) is 0 Å². The Bertz CT molecular complexity index is 1050. The second-order valence-electron chi connectivity index (χ2n) is 6.20. The summed E-state index contributed by atoms with van der Waals surface area (Å²) in [6.45, 7) is 4.02. The minimum atomic E-state index is -0.693. The monoisotopic (exact) mass is 378 g/mol. The van der Waals surface area contributed by atoms with E-state index in [1.807, 2.05) is 38.1 Å². The Balaban J connectivity index is 1.69. The normalized spacial score (nSPS) is 10.9. The molecule has 0 aliphatic rings. The molecule has 28 heavy (non-hydrogen) atoms. The summed E-state index contributed by atoms with van der Waals surface area (Å²) in [4.78, 5) is 22.3. The molecule has 3 rings (SSSR count). The lowest BCUT2D eigenvalue weighted by molar-refractivity contribution is -0.385. The van der Waals surface area contributed by atoms with Gasteiger partial charge in [-0.2, -0.15) is 5.10 Å². The third-order valence-electron chi connectivity index (χ3n) is 4.23. The number of nitrogens with zero attached hydrogens (tertiary/aromatic N) is 3. The van der Waals surface area contributed by atoms with Crippen LogP contribution in [0.1, 0.15) is 27.3 Å². The van der Waals surface area contributed by atoms with Crippen LogP contribution >= 0.6 is 0 Å². The van der Waals surface area contributed by atoms with Crippen LogP contribution in [0.3, 0.4) is 0 Å². The molecular formula is C20H18N4O4. The summed E-state index contributed by atoms with van der Waals surface area (Å²) in [5.74, 6) is -0.837. The van der Waals surface area contributed by atoms with Gasteiger partial charge in [-0.3, -0.25) is 14.9 Å². The highest BCUT2D eigenvalue weighted by Gasteiger charge is 2.13. The standard InChI is InChI=1S/C20H18N4O4/c1-13-3-4-14(2)23(13)17-8-6-16(7-9-17)20(26)22-21-12-15-5-10-19(25)18(11-15)24(27)28/h3-12,25H,1-2H3,(H,22,26)/b21-12-. The minimum absolute atomic E-state index is 0.374. The number of rotatable bonds is 5. The average Bonchev–Trinajstić information content (AvgIpc) is 3.01. The summed E-state index contributed by atoms with van der Waals surface area (Å²) in [5, 5.41) is 24.1. The van der Waals surface area contributed by atoms with Gasteiger partial charge in [0.1, 0.15) is 0 Å². The molecule has 2 aromatic carbocycles. The second-order valence-corrected chi connectivity index (χ2v) is 6.20. The number of phenols is 1. The molecule has 0 aliphatic heterocycles. The molecule has 1 amide bonds. The summed E-state index contributed by atoms with van der Waals surface area (Å²) in [6.07, 6.45) is 1.27. The molecule has 1 aromatic heterocycles. The van der Waals surface area contributed by atoms with Gasteiger partial charge in [0.15, 0.2) is 5.75 Å². The molecule has 3 aromatic rings. The highest BCUT2D eigenvalue weighted by molar-refractivity contribution is 5.95. The molecule has 1 heterocycles. The van der Waals surface area contributed by atoms with Crippen LogP contribution in [-0.4, -0.2) is 26.7 Å². The molecule has 0 aliphatic carbocycles. The fourth-order valence-electron chi connectivity index (χ4n) is 2.83. The summed E-state index contributed by atoms with van der Waals surface area (Å²) < 4.78 is 2.08. The number of carbonyl (C=O) groups excluding carboxylic acids is 1. The third-order valence-corrected chi connectivity index (χ3v) is 4.23. The maximum Gasteiger partial charge on any atom is 0.311 e. The largest absolute Gasteiger partial charge is 0.502 e. The molecule has 0 saturated heterocycles. The van der Waals surface area contributed by atoms with E-state index in [1.165, 1.54) is 24.4 Å². The molecule has 0 bridgehead atoms. The molecule has 0 saturated carbocycles. The second kappa shape index (κ2) is 7.75. The number of aromatic hydroxyl groups is 1. The number of phenolic OH excluding ortho intramolecular Hbond substituents is 1. The van der Waals surface area contributed by atoms with Gasteiger partial charge < -0.3 is 9.67 Å². The molecule has 0 fully saturated rings. The SMILES string of the molecule is Cc1ccc(C)n1-c1ccc(C(=O)N/N=C\c2ccc(O)c([N+](=O)[O-])c2)cc1. The van der Waals surface area contributed by atoms with E-state index in [9.17, 15) is 20.0 Å². The molecular weight excluding hydrogens is 360 g/mol. The fourth-order valence-corrected chi connectivity index (χ4v) is 2.83. The number of carbonyl (C=O) groups is 1. The van der Waals surface area contributed by atoms with E-state index >= 15 is 0 Å².